The number of amides is 1. The number of rotatable bonds is 8. The zero-order chi connectivity index (χ0) is 20.8. The Balaban J connectivity index is 1.67. The van der Waals surface area contributed by atoms with Gasteiger partial charge in [-0.25, -0.2) is 4.68 Å². The van der Waals surface area contributed by atoms with Gasteiger partial charge in [0.1, 0.15) is 5.82 Å². The normalized spacial score (nSPS) is 10.6. The number of carbonyl (C=O) groups excluding carboxylic acids is 1. The molecule has 0 saturated carbocycles. The monoisotopic (exact) mass is 475 g/mol. The van der Waals surface area contributed by atoms with E-state index in [0.29, 0.717) is 29.6 Å². The number of anilines is 1. The number of benzene rings is 2. The molecule has 152 valence electrons. The van der Waals surface area contributed by atoms with Crippen molar-refractivity contribution in [2.24, 2.45) is 0 Å². The van der Waals surface area contributed by atoms with E-state index in [9.17, 15) is 4.79 Å². The Bertz CT molecular complexity index is 1010. The van der Waals surface area contributed by atoms with Crippen LogP contribution in [0.15, 0.2) is 58.0 Å². The zero-order valence-electron chi connectivity index (χ0n) is 16.4. The number of halogens is 1. The first-order valence-electron chi connectivity index (χ1n) is 8.92. The lowest BCUT2D eigenvalue weighted by atomic mass is 10.2. The van der Waals surface area contributed by atoms with E-state index in [4.69, 9.17) is 9.47 Å². The molecule has 0 bridgehead atoms. The van der Waals surface area contributed by atoms with Gasteiger partial charge in [-0.1, -0.05) is 28.1 Å². The van der Waals surface area contributed by atoms with Crippen molar-refractivity contribution in [3.05, 3.63) is 64.3 Å². The van der Waals surface area contributed by atoms with E-state index in [1.54, 1.807) is 31.2 Å². The molecule has 3 aromatic rings. The molecule has 0 saturated heterocycles. The Hall–Kier alpha value is -2.45. The highest BCUT2D eigenvalue weighted by atomic mass is 79.9. The van der Waals surface area contributed by atoms with E-state index in [1.165, 1.54) is 11.8 Å². The van der Waals surface area contributed by atoms with E-state index in [0.717, 1.165) is 20.5 Å². The van der Waals surface area contributed by atoms with Crippen LogP contribution in [0.25, 0.3) is 0 Å². The lowest BCUT2D eigenvalue weighted by molar-refractivity contribution is -0.113. The van der Waals surface area contributed by atoms with Crippen molar-refractivity contribution in [3.8, 4) is 11.5 Å². The third-order valence-electron chi connectivity index (χ3n) is 4.28. The maximum atomic E-state index is 12.5. The molecule has 0 spiro atoms. The number of aromatic nitrogens is 2. The SMILES string of the molecule is COc1cccc(Cn2nccc2NC(=O)CSc2ccc(Br)cc2C)c1OC. The molecule has 1 N–H and O–H groups in total. The van der Waals surface area contributed by atoms with Crippen LogP contribution in [0.5, 0.6) is 11.5 Å². The van der Waals surface area contributed by atoms with Gasteiger partial charge in [0, 0.05) is 21.0 Å². The highest BCUT2D eigenvalue weighted by Crippen LogP contribution is 2.31. The summed E-state index contributed by atoms with van der Waals surface area (Å²) in [4.78, 5) is 13.5. The molecule has 6 nitrogen and oxygen atoms in total. The van der Waals surface area contributed by atoms with Gasteiger partial charge in [0.2, 0.25) is 5.91 Å². The van der Waals surface area contributed by atoms with Crippen molar-refractivity contribution in [3.63, 3.8) is 0 Å². The van der Waals surface area contributed by atoms with E-state index in [1.807, 2.05) is 43.3 Å². The van der Waals surface area contributed by atoms with Gasteiger partial charge in [-0.2, -0.15) is 5.10 Å². The van der Waals surface area contributed by atoms with Crippen molar-refractivity contribution in [2.45, 2.75) is 18.4 Å². The van der Waals surface area contributed by atoms with Gasteiger partial charge in [0.15, 0.2) is 11.5 Å². The van der Waals surface area contributed by atoms with Crippen LogP contribution in [-0.4, -0.2) is 35.7 Å². The number of nitrogens with one attached hydrogen (secondary N) is 1. The molecule has 0 radical (unpaired) electrons. The number of aryl methyl sites for hydroxylation is 1. The second-order valence-electron chi connectivity index (χ2n) is 6.27. The topological polar surface area (TPSA) is 65.4 Å². The molecular weight excluding hydrogens is 454 g/mol. The molecule has 0 aliphatic rings. The van der Waals surface area contributed by atoms with Crippen molar-refractivity contribution in [1.82, 2.24) is 9.78 Å². The minimum absolute atomic E-state index is 0.0864. The summed E-state index contributed by atoms with van der Waals surface area (Å²) in [5.74, 6) is 2.17. The Morgan fingerprint density at radius 1 is 1.21 bits per heavy atom. The van der Waals surface area contributed by atoms with Crippen molar-refractivity contribution in [1.29, 1.82) is 0 Å². The van der Waals surface area contributed by atoms with E-state index in [-0.39, 0.29) is 5.91 Å². The van der Waals surface area contributed by atoms with Gasteiger partial charge in [0.05, 0.1) is 32.7 Å². The maximum Gasteiger partial charge on any atom is 0.235 e. The van der Waals surface area contributed by atoms with Crippen LogP contribution in [0, 0.1) is 6.92 Å². The Morgan fingerprint density at radius 2 is 2.03 bits per heavy atom. The third-order valence-corrected chi connectivity index (χ3v) is 5.95. The Kier molecular flexibility index (Phi) is 7.22. The van der Waals surface area contributed by atoms with Gasteiger partial charge < -0.3 is 14.8 Å². The standard InChI is InChI=1S/C21H22BrN3O3S/c1-14-11-16(22)7-8-18(14)29-13-20(26)24-19-9-10-23-25(19)12-15-5-4-6-17(27-2)21(15)28-3/h4-11H,12-13H2,1-3H3,(H,24,26). The molecule has 0 aliphatic carbocycles. The van der Waals surface area contributed by atoms with Crippen LogP contribution < -0.4 is 14.8 Å². The van der Waals surface area contributed by atoms with Crippen molar-refractivity contribution < 1.29 is 14.3 Å². The van der Waals surface area contributed by atoms with Crippen LogP contribution >= 0.6 is 27.7 Å². The first-order valence-corrected chi connectivity index (χ1v) is 10.7. The molecule has 0 unspecified atom stereocenters. The van der Waals surface area contributed by atoms with Gasteiger partial charge in [0.25, 0.3) is 0 Å². The van der Waals surface area contributed by atoms with E-state index in [2.05, 4.69) is 26.3 Å². The first kappa shape index (κ1) is 21.3. The predicted molar refractivity (Wildman–Crippen MR) is 119 cm³/mol. The van der Waals surface area contributed by atoms with Crippen molar-refractivity contribution >= 4 is 39.4 Å². The minimum atomic E-state index is -0.0864. The number of ether oxygens (including phenoxy) is 2. The number of methoxy groups -OCH3 is 2. The average molecular weight is 476 g/mol. The molecule has 1 aromatic heterocycles. The molecule has 8 heteroatoms. The smallest absolute Gasteiger partial charge is 0.235 e. The second-order valence-corrected chi connectivity index (χ2v) is 8.21. The van der Waals surface area contributed by atoms with Crippen LogP contribution in [-0.2, 0) is 11.3 Å². The van der Waals surface area contributed by atoms with Crippen LogP contribution in [0.2, 0.25) is 0 Å². The lowest BCUT2D eigenvalue weighted by Gasteiger charge is -2.14. The number of carbonyl (C=O) groups is 1. The van der Waals surface area contributed by atoms with Gasteiger partial charge in [-0.3, -0.25) is 4.79 Å². The molecule has 2 aromatic carbocycles. The highest BCUT2D eigenvalue weighted by molar-refractivity contribution is 9.10. The summed E-state index contributed by atoms with van der Waals surface area (Å²) in [6, 6.07) is 13.5. The number of hydrogen-bond donors (Lipinski definition) is 1. The molecule has 1 heterocycles. The highest BCUT2D eigenvalue weighted by Gasteiger charge is 2.13. The van der Waals surface area contributed by atoms with Crippen LogP contribution in [0.4, 0.5) is 5.82 Å². The van der Waals surface area contributed by atoms with Gasteiger partial charge in [-0.05, 0) is 36.8 Å². The molecule has 0 fully saturated rings. The second kappa shape index (κ2) is 9.84. The third kappa shape index (κ3) is 5.33. The fraction of sp³-hybridized carbons (Fsp3) is 0.238. The van der Waals surface area contributed by atoms with Crippen molar-refractivity contribution in [2.75, 3.05) is 25.3 Å². The van der Waals surface area contributed by atoms with Crippen LogP contribution in [0.1, 0.15) is 11.1 Å². The largest absolute Gasteiger partial charge is 0.493 e. The average Bonchev–Trinajstić information content (AvgIpc) is 3.13. The van der Waals surface area contributed by atoms with E-state index >= 15 is 0 Å². The number of nitrogens with zero attached hydrogens (tertiary/aromatic N) is 2. The fourth-order valence-corrected chi connectivity index (χ4v) is 4.19. The summed E-state index contributed by atoms with van der Waals surface area (Å²) >= 11 is 4.96. The summed E-state index contributed by atoms with van der Waals surface area (Å²) in [6.07, 6.45) is 1.66. The number of hydrogen-bond acceptors (Lipinski definition) is 5. The molecule has 1 amide bonds. The maximum absolute atomic E-state index is 12.5. The van der Waals surface area contributed by atoms with E-state index < -0.39 is 0 Å². The zero-order valence-corrected chi connectivity index (χ0v) is 18.8. The number of para-hydroxylation sites is 1. The number of thioether (sulfide) groups is 1. The minimum Gasteiger partial charge on any atom is -0.493 e. The summed E-state index contributed by atoms with van der Waals surface area (Å²) < 4.78 is 13.6. The quantitative estimate of drug-likeness (QED) is 0.476. The van der Waals surface area contributed by atoms with Gasteiger partial charge in [-0.15, -0.1) is 11.8 Å². The first-order chi connectivity index (χ1) is 14.0. The lowest BCUT2D eigenvalue weighted by Crippen LogP contribution is -2.18. The molecule has 29 heavy (non-hydrogen) atoms. The Labute approximate surface area is 182 Å². The summed E-state index contributed by atoms with van der Waals surface area (Å²) in [6.45, 7) is 2.48. The molecule has 3 rings (SSSR count). The predicted octanol–water partition coefficient (Wildman–Crippen LogP) is 4.75. The molecular formula is C21H22BrN3O3S. The molecule has 0 aliphatic heterocycles. The summed E-state index contributed by atoms with van der Waals surface area (Å²) in [5, 5.41) is 7.27. The summed E-state index contributed by atoms with van der Waals surface area (Å²) in [5.41, 5.74) is 2.04. The Morgan fingerprint density at radius 3 is 2.76 bits per heavy atom. The molecule has 0 atom stereocenters. The summed E-state index contributed by atoms with van der Waals surface area (Å²) in [7, 11) is 3.21. The van der Waals surface area contributed by atoms with Crippen LogP contribution in [0.3, 0.4) is 0 Å². The fourth-order valence-electron chi connectivity index (χ4n) is 2.90. The van der Waals surface area contributed by atoms with Gasteiger partial charge >= 0.3 is 0 Å².